The summed E-state index contributed by atoms with van der Waals surface area (Å²) in [6.07, 6.45) is 6.55. The van der Waals surface area contributed by atoms with Crippen LogP contribution in [0.25, 0.3) is 10.9 Å². The van der Waals surface area contributed by atoms with Gasteiger partial charge in [-0.1, -0.05) is 36.3 Å². The number of amides is 1. The SMILES string of the molecule is C#CCOc1ccc2cnn(C[C@H](C)NC(=O)OCc3ccccc3)c2c1. The van der Waals surface area contributed by atoms with Crippen LogP contribution in [0.1, 0.15) is 12.5 Å². The van der Waals surface area contributed by atoms with E-state index in [1.807, 2.05) is 60.1 Å². The quantitative estimate of drug-likeness (QED) is 0.654. The van der Waals surface area contributed by atoms with Crippen LogP contribution < -0.4 is 10.1 Å². The lowest BCUT2D eigenvalue weighted by molar-refractivity contribution is 0.135. The molecule has 1 amide bonds. The number of hydrogen-bond donors (Lipinski definition) is 1. The molecule has 0 spiro atoms. The molecule has 138 valence electrons. The molecule has 27 heavy (non-hydrogen) atoms. The van der Waals surface area contributed by atoms with Gasteiger partial charge >= 0.3 is 6.09 Å². The molecular formula is C21H21N3O3. The molecule has 6 heteroatoms. The minimum absolute atomic E-state index is 0.161. The highest BCUT2D eigenvalue weighted by Crippen LogP contribution is 2.21. The topological polar surface area (TPSA) is 65.4 Å². The summed E-state index contributed by atoms with van der Waals surface area (Å²) in [7, 11) is 0. The van der Waals surface area contributed by atoms with Crippen LogP contribution in [0.15, 0.2) is 54.7 Å². The van der Waals surface area contributed by atoms with Gasteiger partial charge < -0.3 is 14.8 Å². The van der Waals surface area contributed by atoms with Crippen molar-refractivity contribution in [1.82, 2.24) is 15.1 Å². The van der Waals surface area contributed by atoms with Crippen molar-refractivity contribution in [3.05, 3.63) is 60.3 Å². The van der Waals surface area contributed by atoms with Crippen LogP contribution in [-0.2, 0) is 17.9 Å². The smallest absolute Gasteiger partial charge is 0.407 e. The Morgan fingerprint density at radius 1 is 1.30 bits per heavy atom. The van der Waals surface area contributed by atoms with E-state index in [0.717, 1.165) is 16.5 Å². The summed E-state index contributed by atoms with van der Waals surface area (Å²) >= 11 is 0. The number of rotatable bonds is 7. The first-order valence-corrected chi connectivity index (χ1v) is 8.65. The standard InChI is InChI=1S/C21H21N3O3/c1-3-11-26-19-10-9-18-13-22-24(20(18)12-19)14-16(2)23-21(25)27-15-17-7-5-4-6-8-17/h1,4-10,12-13,16H,11,14-15H2,2H3,(H,23,25)/t16-/m0/s1. The number of carbonyl (C=O) groups is 1. The number of nitrogens with zero attached hydrogens (tertiary/aromatic N) is 2. The molecule has 0 fully saturated rings. The van der Waals surface area contributed by atoms with Gasteiger partial charge in [0, 0.05) is 17.5 Å². The predicted molar refractivity (Wildman–Crippen MR) is 103 cm³/mol. The summed E-state index contributed by atoms with van der Waals surface area (Å²) in [5.41, 5.74) is 1.86. The number of carbonyl (C=O) groups excluding carboxylic acids is 1. The molecule has 1 aromatic heterocycles. The van der Waals surface area contributed by atoms with E-state index in [1.165, 1.54) is 0 Å². The zero-order valence-corrected chi connectivity index (χ0v) is 15.1. The van der Waals surface area contributed by atoms with E-state index < -0.39 is 6.09 Å². The van der Waals surface area contributed by atoms with Gasteiger partial charge in [0.25, 0.3) is 0 Å². The lowest BCUT2D eigenvalue weighted by Gasteiger charge is -2.15. The first-order valence-electron chi connectivity index (χ1n) is 8.65. The van der Waals surface area contributed by atoms with E-state index in [-0.39, 0.29) is 19.3 Å². The van der Waals surface area contributed by atoms with Crippen LogP contribution in [0.5, 0.6) is 5.75 Å². The predicted octanol–water partition coefficient (Wildman–Crippen LogP) is 3.36. The van der Waals surface area contributed by atoms with Gasteiger partial charge in [-0.15, -0.1) is 6.42 Å². The highest BCUT2D eigenvalue weighted by atomic mass is 16.5. The monoisotopic (exact) mass is 363 g/mol. The molecule has 0 unspecified atom stereocenters. The highest BCUT2D eigenvalue weighted by Gasteiger charge is 2.12. The summed E-state index contributed by atoms with van der Waals surface area (Å²) in [6.45, 7) is 2.85. The summed E-state index contributed by atoms with van der Waals surface area (Å²) in [4.78, 5) is 12.0. The number of terminal acetylenes is 1. The summed E-state index contributed by atoms with van der Waals surface area (Å²) in [5, 5.41) is 8.20. The second-order valence-corrected chi connectivity index (χ2v) is 6.15. The molecule has 0 aliphatic carbocycles. The molecule has 6 nitrogen and oxygen atoms in total. The van der Waals surface area contributed by atoms with Gasteiger partial charge in [-0.25, -0.2) is 4.79 Å². The molecule has 2 aromatic carbocycles. The van der Waals surface area contributed by atoms with Crippen molar-refractivity contribution in [2.24, 2.45) is 0 Å². The zero-order chi connectivity index (χ0) is 19.1. The van der Waals surface area contributed by atoms with E-state index >= 15 is 0 Å². The molecule has 3 aromatic rings. The number of aromatic nitrogens is 2. The summed E-state index contributed by atoms with van der Waals surface area (Å²) < 4.78 is 12.5. The van der Waals surface area contributed by atoms with Gasteiger partial charge in [0.2, 0.25) is 0 Å². The maximum atomic E-state index is 12.0. The zero-order valence-electron chi connectivity index (χ0n) is 15.1. The van der Waals surface area contributed by atoms with E-state index in [4.69, 9.17) is 15.9 Å². The Balaban J connectivity index is 1.57. The summed E-state index contributed by atoms with van der Waals surface area (Å²) in [6, 6.07) is 15.1. The van der Waals surface area contributed by atoms with Crippen LogP contribution >= 0.6 is 0 Å². The number of fused-ring (bicyclic) bond motifs is 1. The maximum absolute atomic E-state index is 12.0. The number of nitrogens with one attached hydrogen (secondary N) is 1. The Morgan fingerprint density at radius 3 is 2.89 bits per heavy atom. The average Bonchev–Trinajstić information content (AvgIpc) is 3.07. The number of benzene rings is 2. The highest BCUT2D eigenvalue weighted by molar-refractivity contribution is 5.80. The largest absolute Gasteiger partial charge is 0.481 e. The average molecular weight is 363 g/mol. The second kappa shape index (κ2) is 8.77. The number of alkyl carbamates (subject to hydrolysis) is 1. The molecule has 1 heterocycles. The minimum Gasteiger partial charge on any atom is -0.481 e. The molecular weight excluding hydrogens is 342 g/mol. The third-order valence-electron chi connectivity index (χ3n) is 3.96. The normalized spacial score (nSPS) is 11.6. The second-order valence-electron chi connectivity index (χ2n) is 6.15. The fourth-order valence-corrected chi connectivity index (χ4v) is 2.68. The first kappa shape index (κ1) is 18.3. The summed E-state index contributed by atoms with van der Waals surface area (Å²) in [5.74, 6) is 3.13. The van der Waals surface area contributed by atoms with E-state index in [9.17, 15) is 4.79 Å². The number of ether oxygens (including phenoxy) is 2. The van der Waals surface area contributed by atoms with Crippen LogP contribution in [0.4, 0.5) is 4.79 Å². The molecule has 1 atom stereocenters. The molecule has 1 N–H and O–H groups in total. The first-order chi connectivity index (χ1) is 13.2. The Kier molecular flexibility index (Phi) is 5.95. The molecule has 0 saturated heterocycles. The lowest BCUT2D eigenvalue weighted by atomic mass is 10.2. The maximum Gasteiger partial charge on any atom is 0.407 e. The third kappa shape index (κ3) is 5.02. The van der Waals surface area contributed by atoms with Crippen LogP contribution in [-0.4, -0.2) is 28.5 Å². The van der Waals surface area contributed by atoms with Gasteiger partial charge in [-0.3, -0.25) is 4.68 Å². The van der Waals surface area contributed by atoms with Crippen molar-refractivity contribution in [1.29, 1.82) is 0 Å². The van der Waals surface area contributed by atoms with Crippen molar-refractivity contribution >= 4 is 17.0 Å². The van der Waals surface area contributed by atoms with Gasteiger partial charge in [0.1, 0.15) is 19.0 Å². The van der Waals surface area contributed by atoms with Gasteiger partial charge in [0.15, 0.2) is 0 Å². The fourth-order valence-electron chi connectivity index (χ4n) is 2.68. The fraction of sp³-hybridized carbons (Fsp3) is 0.238. The Hall–Kier alpha value is -3.46. The van der Waals surface area contributed by atoms with Gasteiger partial charge in [-0.05, 0) is 24.6 Å². The van der Waals surface area contributed by atoms with Crippen molar-refractivity contribution in [3.8, 4) is 18.1 Å². The Labute approximate surface area is 158 Å². The van der Waals surface area contributed by atoms with E-state index in [1.54, 1.807) is 6.20 Å². The number of hydrogen-bond acceptors (Lipinski definition) is 4. The van der Waals surface area contributed by atoms with E-state index in [2.05, 4.69) is 16.3 Å². The molecule has 3 rings (SSSR count). The van der Waals surface area contributed by atoms with Crippen molar-refractivity contribution < 1.29 is 14.3 Å². The van der Waals surface area contributed by atoms with E-state index in [0.29, 0.717) is 12.3 Å². The van der Waals surface area contributed by atoms with Gasteiger partial charge in [-0.2, -0.15) is 5.10 Å². The van der Waals surface area contributed by atoms with Crippen LogP contribution in [0, 0.1) is 12.3 Å². The molecule has 0 radical (unpaired) electrons. The van der Waals surface area contributed by atoms with Crippen LogP contribution in [0.3, 0.4) is 0 Å². The minimum atomic E-state index is -0.458. The Bertz CT molecular complexity index is 944. The molecule has 0 aliphatic heterocycles. The van der Waals surface area contributed by atoms with Crippen molar-refractivity contribution in [2.75, 3.05) is 6.61 Å². The molecule has 0 aliphatic rings. The molecule has 0 saturated carbocycles. The van der Waals surface area contributed by atoms with Crippen LogP contribution in [0.2, 0.25) is 0 Å². The van der Waals surface area contributed by atoms with Crippen molar-refractivity contribution in [2.45, 2.75) is 26.1 Å². The molecule has 0 bridgehead atoms. The lowest BCUT2D eigenvalue weighted by Crippen LogP contribution is -2.36. The Morgan fingerprint density at radius 2 is 2.11 bits per heavy atom. The van der Waals surface area contributed by atoms with Crippen molar-refractivity contribution in [3.63, 3.8) is 0 Å². The van der Waals surface area contributed by atoms with Gasteiger partial charge in [0.05, 0.1) is 18.3 Å². The third-order valence-corrected chi connectivity index (χ3v) is 3.96.